The molecule has 3 rings (SSSR count). The van der Waals surface area contributed by atoms with Gasteiger partial charge < -0.3 is 14.2 Å². The normalized spacial score (nSPS) is 15.8. The molecule has 0 amide bonds. The van der Waals surface area contributed by atoms with Crippen molar-refractivity contribution in [3.63, 3.8) is 0 Å². The summed E-state index contributed by atoms with van der Waals surface area (Å²) in [4.78, 5) is 12.6. The summed E-state index contributed by atoms with van der Waals surface area (Å²) in [6.45, 7) is -0.222. The van der Waals surface area contributed by atoms with Gasteiger partial charge in [-0.1, -0.05) is 24.3 Å². The molecule has 0 saturated carbocycles. The van der Waals surface area contributed by atoms with Crippen LogP contribution >= 0.6 is 0 Å². The third kappa shape index (κ3) is 6.05. The van der Waals surface area contributed by atoms with E-state index in [-0.39, 0.29) is 17.2 Å². The Hall–Kier alpha value is -2.43. The van der Waals surface area contributed by atoms with Gasteiger partial charge in [-0.2, -0.15) is 26.3 Å². The lowest BCUT2D eigenvalue weighted by Gasteiger charge is -2.25. The van der Waals surface area contributed by atoms with Crippen LogP contribution in [0.5, 0.6) is 0 Å². The molecule has 1 aliphatic heterocycles. The fourth-order valence-electron chi connectivity index (χ4n) is 3.07. The lowest BCUT2D eigenvalue weighted by molar-refractivity contribution is -0.183. The lowest BCUT2D eigenvalue weighted by Crippen LogP contribution is -2.21. The molecule has 10 heteroatoms. The van der Waals surface area contributed by atoms with Gasteiger partial charge in [-0.25, -0.2) is 0 Å². The van der Waals surface area contributed by atoms with E-state index in [9.17, 15) is 31.1 Å². The summed E-state index contributed by atoms with van der Waals surface area (Å²) in [6, 6.07) is 7.64. The van der Waals surface area contributed by atoms with Crippen LogP contribution in [0.4, 0.5) is 26.3 Å². The highest BCUT2D eigenvalue weighted by molar-refractivity contribution is 5.98. The molecule has 1 aliphatic rings. The summed E-state index contributed by atoms with van der Waals surface area (Å²) in [7, 11) is 0. The van der Waals surface area contributed by atoms with E-state index in [0.29, 0.717) is 37.3 Å². The molecule has 2 aromatic carbocycles. The molecule has 31 heavy (non-hydrogen) atoms. The Morgan fingerprint density at radius 2 is 1.52 bits per heavy atom. The number of carbonyl (C=O) groups excluding carboxylic acids is 1. The van der Waals surface area contributed by atoms with Gasteiger partial charge in [-0.05, 0) is 30.2 Å². The van der Waals surface area contributed by atoms with Crippen LogP contribution in [0.3, 0.4) is 0 Å². The molecular formula is C21H18F6O4. The molecule has 2 aromatic rings. The van der Waals surface area contributed by atoms with Crippen molar-refractivity contribution < 1.29 is 45.3 Å². The first-order valence-corrected chi connectivity index (χ1v) is 9.27. The van der Waals surface area contributed by atoms with Gasteiger partial charge in [0.1, 0.15) is 6.61 Å². The molecule has 1 heterocycles. The maximum Gasteiger partial charge on any atom is 0.416 e. The Balaban J connectivity index is 1.71. The SMILES string of the molecule is O=C(COCc1cc(C(F)(F)F)cc(C(F)(F)F)c1)c1ccccc1C1OCCCO1. The molecule has 1 fully saturated rings. The average molecular weight is 448 g/mol. The van der Waals surface area contributed by atoms with Crippen LogP contribution in [0, 0.1) is 0 Å². The maximum atomic E-state index is 12.9. The number of benzene rings is 2. The molecule has 168 valence electrons. The van der Waals surface area contributed by atoms with Gasteiger partial charge in [0.2, 0.25) is 0 Å². The molecular weight excluding hydrogens is 430 g/mol. The Kier molecular flexibility index (Phi) is 7.03. The van der Waals surface area contributed by atoms with Gasteiger partial charge in [-0.15, -0.1) is 0 Å². The smallest absolute Gasteiger partial charge is 0.369 e. The van der Waals surface area contributed by atoms with Crippen molar-refractivity contribution in [2.45, 2.75) is 31.7 Å². The summed E-state index contributed by atoms with van der Waals surface area (Å²) in [5, 5.41) is 0. The molecule has 0 unspecified atom stereocenters. The van der Waals surface area contributed by atoms with E-state index in [1.165, 1.54) is 6.07 Å². The summed E-state index contributed by atoms with van der Waals surface area (Å²) in [6.07, 6.45) is -9.92. The van der Waals surface area contributed by atoms with Gasteiger partial charge in [0.15, 0.2) is 12.1 Å². The number of carbonyl (C=O) groups is 1. The van der Waals surface area contributed by atoms with E-state index in [1.54, 1.807) is 18.2 Å². The van der Waals surface area contributed by atoms with E-state index in [4.69, 9.17) is 14.2 Å². The Morgan fingerprint density at radius 1 is 0.935 bits per heavy atom. The van der Waals surface area contributed by atoms with E-state index < -0.39 is 48.8 Å². The van der Waals surface area contributed by atoms with Crippen molar-refractivity contribution in [2.75, 3.05) is 19.8 Å². The van der Waals surface area contributed by atoms with Gasteiger partial charge >= 0.3 is 12.4 Å². The van der Waals surface area contributed by atoms with E-state index in [2.05, 4.69) is 0 Å². The topological polar surface area (TPSA) is 44.8 Å². The number of ether oxygens (including phenoxy) is 3. The van der Waals surface area contributed by atoms with Crippen LogP contribution in [0.1, 0.15) is 45.3 Å². The highest BCUT2D eigenvalue weighted by Crippen LogP contribution is 2.36. The molecule has 0 N–H and O–H groups in total. The minimum atomic E-state index is -4.95. The maximum absolute atomic E-state index is 12.9. The average Bonchev–Trinajstić information content (AvgIpc) is 2.73. The van der Waals surface area contributed by atoms with E-state index in [0.717, 1.165) is 0 Å². The fourth-order valence-corrected chi connectivity index (χ4v) is 3.07. The van der Waals surface area contributed by atoms with Crippen LogP contribution in [-0.2, 0) is 33.2 Å². The molecule has 0 atom stereocenters. The quantitative estimate of drug-likeness (QED) is 0.429. The number of hydrogen-bond acceptors (Lipinski definition) is 4. The van der Waals surface area contributed by atoms with Crippen LogP contribution < -0.4 is 0 Å². The predicted molar refractivity (Wildman–Crippen MR) is 96.1 cm³/mol. The second kappa shape index (κ2) is 9.37. The first-order chi connectivity index (χ1) is 14.6. The molecule has 0 radical (unpaired) electrons. The van der Waals surface area contributed by atoms with Crippen molar-refractivity contribution in [3.05, 3.63) is 70.3 Å². The Bertz CT molecular complexity index is 885. The summed E-state index contributed by atoms with van der Waals surface area (Å²) >= 11 is 0. The number of alkyl halides is 6. The third-order valence-electron chi connectivity index (χ3n) is 4.49. The third-order valence-corrected chi connectivity index (χ3v) is 4.49. The van der Waals surface area contributed by atoms with Crippen molar-refractivity contribution in [2.24, 2.45) is 0 Å². The number of ketones is 1. The number of halogens is 6. The van der Waals surface area contributed by atoms with Crippen LogP contribution in [0.15, 0.2) is 42.5 Å². The summed E-state index contributed by atoms with van der Waals surface area (Å²) < 4.78 is 93.8. The molecule has 0 aromatic heterocycles. The zero-order valence-electron chi connectivity index (χ0n) is 16.1. The number of rotatable bonds is 6. The van der Waals surface area contributed by atoms with E-state index >= 15 is 0 Å². The van der Waals surface area contributed by atoms with E-state index in [1.807, 2.05) is 0 Å². The highest BCUT2D eigenvalue weighted by Gasteiger charge is 2.36. The highest BCUT2D eigenvalue weighted by atomic mass is 19.4. The van der Waals surface area contributed by atoms with Gasteiger partial charge in [0, 0.05) is 11.1 Å². The van der Waals surface area contributed by atoms with Crippen molar-refractivity contribution >= 4 is 5.78 Å². The van der Waals surface area contributed by atoms with Gasteiger partial charge in [0.05, 0.1) is 30.9 Å². The van der Waals surface area contributed by atoms with Gasteiger partial charge in [0.25, 0.3) is 0 Å². The Labute approximate surface area is 173 Å². The minimum Gasteiger partial charge on any atom is -0.369 e. The largest absolute Gasteiger partial charge is 0.416 e. The van der Waals surface area contributed by atoms with Gasteiger partial charge in [-0.3, -0.25) is 4.79 Å². The molecule has 1 saturated heterocycles. The van der Waals surface area contributed by atoms with Crippen LogP contribution in [0.2, 0.25) is 0 Å². The lowest BCUT2D eigenvalue weighted by atomic mass is 10.0. The Morgan fingerprint density at radius 3 is 2.10 bits per heavy atom. The fraction of sp³-hybridized carbons (Fsp3) is 0.381. The zero-order chi connectivity index (χ0) is 22.6. The van der Waals surface area contributed by atoms with Crippen LogP contribution in [-0.4, -0.2) is 25.6 Å². The first kappa shape index (κ1) is 23.2. The van der Waals surface area contributed by atoms with Crippen molar-refractivity contribution in [3.8, 4) is 0 Å². The van der Waals surface area contributed by atoms with Crippen molar-refractivity contribution in [1.29, 1.82) is 0 Å². The molecule has 0 spiro atoms. The number of Topliss-reactive ketones (excluding diaryl/α,β-unsaturated/α-hetero) is 1. The van der Waals surface area contributed by atoms with Crippen LogP contribution in [0.25, 0.3) is 0 Å². The summed E-state index contributed by atoms with van der Waals surface area (Å²) in [5.74, 6) is -0.503. The molecule has 4 nitrogen and oxygen atoms in total. The molecule has 0 aliphatic carbocycles. The summed E-state index contributed by atoms with van der Waals surface area (Å²) in [5.41, 5.74) is -2.50. The first-order valence-electron chi connectivity index (χ1n) is 9.27. The minimum absolute atomic E-state index is 0.0368. The predicted octanol–water partition coefficient (Wildman–Crippen LogP) is 5.56. The second-order valence-corrected chi connectivity index (χ2v) is 6.84. The molecule has 0 bridgehead atoms. The van der Waals surface area contributed by atoms with Crippen molar-refractivity contribution in [1.82, 2.24) is 0 Å². The second-order valence-electron chi connectivity index (χ2n) is 6.84. The number of hydrogen-bond donors (Lipinski definition) is 0. The monoisotopic (exact) mass is 448 g/mol. The standard InChI is InChI=1S/C21H18F6O4/c22-20(23,24)14-8-13(9-15(10-14)21(25,26)27)11-29-12-18(28)16-4-1-2-5-17(16)19-30-6-3-7-31-19/h1-2,4-5,8-10,19H,3,6-7,11-12H2. The zero-order valence-corrected chi connectivity index (χ0v) is 16.1.